The van der Waals surface area contributed by atoms with Crippen LogP contribution < -0.4 is 0 Å². The highest BCUT2D eigenvalue weighted by atomic mass is 32.2. The minimum atomic E-state index is -3.13. The van der Waals surface area contributed by atoms with E-state index in [-0.39, 0.29) is 46.6 Å². The molecule has 12 heteroatoms. The maximum absolute atomic E-state index is 13.2. The van der Waals surface area contributed by atoms with E-state index in [0.29, 0.717) is 30.4 Å². The number of nitrogens with zero attached hydrogens (tertiary/aromatic N) is 4. The minimum absolute atomic E-state index is 0.0134. The number of amides is 1. The quantitative estimate of drug-likeness (QED) is 0.519. The molecule has 2 aliphatic rings. The fourth-order valence-corrected chi connectivity index (χ4v) is 8.51. The van der Waals surface area contributed by atoms with Crippen LogP contribution in [0.3, 0.4) is 0 Å². The summed E-state index contributed by atoms with van der Waals surface area (Å²) in [6.07, 6.45) is 0.967. The molecule has 3 heterocycles. The molecule has 4 rings (SSSR count). The smallest absolute Gasteiger partial charge is 0.233 e. The van der Waals surface area contributed by atoms with Gasteiger partial charge in [0.2, 0.25) is 5.91 Å². The Morgan fingerprint density at radius 2 is 1.75 bits per heavy atom. The van der Waals surface area contributed by atoms with E-state index in [2.05, 4.69) is 10.2 Å². The second-order valence-corrected chi connectivity index (χ2v) is 13.8. The van der Waals surface area contributed by atoms with Crippen molar-refractivity contribution in [2.24, 2.45) is 7.05 Å². The van der Waals surface area contributed by atoms with Gasteiger partial charge >= 0.3 is 0 Å². The molecular weight excluding hydrogens is 472 g/mol. The number of sulfone groups is 2. The Morgan fingerprint density at radius 1 is 1.06 bits per heavy atom. The van der Waals surface area contributed by atoms with Crippen LogP contribution in [0.2, 0.25) is 0 Å². The van der Waals surface area contributed by atoms with Gasteiger partial charge in [-0.3, -0.25) is 4.79 Å². The van der Waals surface area contributed by atoms with E-state index in [1.807, 2.05) is 30.3 Å². The van der Waals surface area contributed by atoms with Gasteiger partial charge in [0.05, 0.1) is 28.8 Å². The molecule has 2 fully saturated rings. The molecule has 0 spiro atoms. The zero-order valence-corrected chi connectivity index (χ0v) is 20.2. The van der Waals surface area contributed by atoms with Crippen molar-refractivity contribution < 1.29 is 21.6 Å². The van der Waals surface area contributed by atoms with E-state index in [1.54, 1.807) is 16.5 Å². The molecular formula is C20H26N4O5S3. The van der Waals surface area contributed by atoms with Gasteiger partial charge in [-0.15, -0.1) is 10.2 Å². The number of hydrogen-bond acceptors (Lipinski definition) is 8. The average Bonchev–Trinajstić information content (AvgIpc) is 3.41. The monoisotopic (exact) mass is 498 g/mol. The summed E-state index contributed by atoms with van der Waals surface area (Å²) >= 11 is 1.23. The highest BCUT2D eigenvalue weighted by molar-refractivity contribution is 7.99. The lowest BCUT2D eigenvalue weighted by molar-refractivity contribution is -0.130. The van der Waals surface area contributed by atoms with Crippen LogP contribution in [0.15, 0.2) is 35.5 Å². The van der Waals surface area contributed by atoms with Crippen LogP contribution in [0.4, 0.5) is 0 Å². The molecule has 0 saturated carbocycles. The SMILES string of the molecule is Cn1c(SCC(=O)N(Cc2ccccc2)[C@H]2CCS(=O)(=O)C2)nnc1[C@H]1CCS(=O)(=O)C1. The number of rotatable bonds is 7. The Hall–Kier alpha value is -1.92. The highest BCUT2D eigenvalue weighted by Gasteiger charge is 2.35. The molecule has 32 heavy (non-hydrogen) atoms. The van der Waals surface area contributed by atoms with E-state index in [0.717, 1.165) is 5.56 Å². The predicted molar refractivity (Wildman–Crippen MR) is 122 cm³/mol. The van der Waals surface area contributed by atoms with Crippen molar-refractivity contribution in [2.45, 2.75) is 36.5 Å². The van der Waals surface area contributed by atoms with E-state index in [1.165, 1.54) is 11.8 Å². The van der Waals surface area contributed by atoms with Crippen molar-refractivity contribution in [1.29, 1.82) is 0 Å². The van der Waals surface area contributed by atoms with Crippen molar-refractivity contribution in [3.8, 4) is 0 Å². The highest BCUT2D eigenvalue weighted by Crippen LogP contribution is 2.30. The van der Waals surface area contributed by atoms with Crippen LogP contribution in [-0.4, -0.2) is 77.2 Å². The summed E-state index contributed by atoms with van der Waals surface area (Å²) < 4.78 is 49.4. The van der Waals surface area contributed by atoms with Crippen LogP contribution in [-0.2, 0) is 38.1 Å². The van der Waals surface area contributed by atoms with Gasteiger partial charge in [-0.2, -0.15) is 0 Å². The summed E-state index contributed by atoms with van der Waals surface area (Å²) in [4.78, 5) is 14.8. The third kappa shape index (κ3) is 5.34. The summed E-state index contributed by atoms with van der Waals surface area (Å²) in [5.41, 5.74) is 0.943. The topological polar surface area (TPSA) is 119 Å². The Bertz CT molecular complexity index is 1200. The van der Waals surface area contributed by atoms with Crippen molar-refractivity contribution in [1.82, 2.24) is 19.7 Å². The molecule has 1 amide bonds. The van der Waals surface area contributed by atoms with Crippen molar-refractivity contribution in [2.75, 3.05) is 28.8 Å². The molecule has 1 aromatic carbocycles. The average molecular weight is 499 g/mol. The second kappa shape index (κ2) is 9.14. The number of thioether (sulfide) groups is 1. The molecule has 0 bridgehead atoms. The van der Waals surface area contributed by atoms with Crippen LogP contribution in [0.5, 0.6) is 0 Å². The lowest BCUT2D eigenvalue weighted by Gasteiger charge is -2.28. The van der Waals surface area contributed by atoms with Crippen LogP contribution in [0.1, 0.15) is 30.1 Å². The van der Waals surface area contributed by atoms with Gasteiger partial charge in [0, 0.05) is 25.6 Å². The molecule has 1 aromatic heterocycles. The molecule has 2 aliphatic heterocycles. The fourth-order valence-electron chi connectivity index (χ4n) is 4.24. The van der Waals surface area contributed by atoms with Crippen molar-refractivity contribution in [3.63, 3.8) is 0 Å². The first-order valence-corrected chi connectivity index (χ1v) is 15.0. The van der Waals surface area contributed by atoms with E-state index >= 15 is 0 Å². The minimum Gasteiger partial charge on any atom is -0.334 e. The van der Waals surface area contributed by atoms with Crippen LogP contribution in [0.25, 0.3) is 0 Å². The Kier molecular flexibility index (Phi) is 6.64. The number of hydrogen-bond donors (Lipinski definition) is 0. The summed E-state index contributed by atoms with van der Waals surface area (Å²) in [5, 5.41) is 8.87. The normalized spacial score (nSPS) is 23.9. The molecule has 0 aliphatic carbocycles. The zero-order valence-electron chi connectivity index (χ0n) is 17.8. The number of aromatic nitrogens is 3. The largest absolute Gasteiger partial charge is 0.334 e. The van der Waals surface area contributed by atoms with Gasteiger partial charge in [-0.25, -0.2) is 16.8 Å². The van der Waals surface area contributed by atoms with Crippen LogP contribution >= 0.6 is 11.8 Å². The first kappa shape index (κ1) is 23.2. The second-order valence-electron chi connectivity index (χ2n) is 8.35. The van der Waals surface area contributed by atoms with Crippen molar-refractivity contribution >= 4 is 37.3 Å². The molecule has 0 radical (unpaired) electrons. The maximum Gasteiger partial charge on any atom is 0.233 e. The summed E-state index contributed by atoms with van der Waals surface area (Å²) in [6.45, 7) is 0.352. The predicted octanol–water partition coefficient (Wildman–Crippen LogP) is 1.03. The maximum atomic E-state index is 13.2. The number of carbonyl (C=O) groups excluding carboxylic acids is 1. The fraction of sp³-hybridized carbons (Fsp3) is 0.550. The van der Waals surface area contributed by atoms with Crippen molar-refractivity contribution in [3.05, 3.63) is 41.7 Å². The Labute approximate surface area is 192 Å². The lowest BCUT2D eigenvalue weighted by Crippen LogP contribution is -2.41. The molecule has 0 N–H and O–H groups in total. The third-order valence-electron chi connectivity index (χ3n) is 5.96. The van der Waals surface area contributed by atoms with Gasteiger partial charge in [0.1, 0.15) is 5.82 Å². The first-order chi connectivity index (χ1) is 15.1. The van der Waals surface area contributed by atoms with Gasteiger partial charge in [-0.05, 0) is 18.4 Å². The van der Waals surface area contributed by atoms with E-state index in [9.17, 15) is 21.6 Å². The first-order valence-electron chi connectivity index (χ1n) is 10.4. The summed E-state index contributed by atoms with van der Waals surface area (Å²) in [7, 11) is -4.39. The third-order valence-corrected chi connectivity index (χ3v) is 10.5. The van der Waals surface area contributed by atoms with Gasteiger partial charge in [0.25, 0.3) is 0 Å². The Balaban J connectivity index is 1.45. The van der Waals surface area contributed by atoms with Gasteiger partial charge in [0.15, 0.2) is 24.8 Å². The van der Waals surface area contributed by atoms with Crippen LogP contribution in [0, 0.1) is 0 Å². The van der Waals surface area contributed by atoms with E-state index < -0.39 is 19.7 Å². The molecule has 0 unspecified atom stereocenters. The number of benzene rings is 1. The summed E-state index contributed by atoms with van der Waals surface area (Å²) in [5.74, 6) is 0.686. The van der Waals surface area contributed by atoms with E-state index in [4.69, 9.17) is 0 Å². The zero-order chi connectivity index (χ0) is 22.9. The molecule has 2 saturated heterocycles. The lowest BCUT2D eigenvalue weighted by atomic mass is 10.1. The number of carbonyl (C=O) groups is 1. The standard InChI is InChI=1S/C20H26N4O5S3/c1-23-19(16-7-9-31(26,27)13-16)21-22-20(23)30-12-18(25)24(11-15-5-3-2-4-6-15)17-8-10-32(28,29)14-17/h2-6,16-17H,7-14H2,1H3/t16-,17-/m0/s1. The summed E-state index contributed by atoms with van der Waals surface area (Å²) in [6, 6.07) is 9.17. The molecule has 174 valence electrons. The van der Waals surface area contributed by atoms with Gasteiger partial charge < -0.3 is 9.47 Å². The molecule has 9 nitrogen and oxygen atoms in total. The Morgan fingerprint density at radius 3 is 2.38 bits per heavy atom. The molecule has 2 aromatic rings. The van der Waals surface area contributed by atoms with Gasteiger partial charge in [-0.1, -0.05) is 42.1 Å². The molecule has 2 atom stereocenters.